The van der Waals surface area contributed by atoms with Crippen molar-refractivity contribution in [1.29, 1.82) is 0 Å². The van der Waals surface area contributed by atoms with Crippen molar-refractivity contribution in [2.75, 3.05) is 19.7 Å². The number of rotatable bonds is 13. The number of amides is 2. The van der Waals surface area contributed by atoms with Gasteiger partial charge in [-0.15, -0.1) is 0 Å². The molecule has 0 radical (unpaired) electrons. The molecule has 1 saturated carbocycles. The third-order valence-corrected chi connectivity index (χ3v) is 9.22. The van der Waals surface area contributed by atoms with Crippen molar-refractivity contribution in [3.63, 3.8) is 0 Å². The maximum atomic E-state index is 13.9. The number of hydrogen-bond acceptors (Lipinski definition) is 6. The number of likely N-dealkylation sites (N-methyl/N-ethyl adjacent to an activating group) is 1. The summed E-state index contributed by atoms with van der Waals surface area (Å²) >= 11 is 0. The van der Waals surface area contributed by atoms with Gasteiger partial charge in [0, 0.05) is 13.1 Å². The summed E-state index contributed by atoms with van der Waals surface area (Å²) in [6.07, 6.45) is 11.1. The smallest absolute Gasteiger partial charge is 0.247 e. The molecule has 224 valence electrons. The predicted molar refractivity (Wildman–Crippen MR) is 162 cm³/mol. The summed E-state index contributed by atoms with van der Waals surface area (Å²) in [5.41, 5.74) is 6.96. The van der Waals surface area contributed by atoms with Gasteiger partial charge in [-0.2, -0.15) is 0 Å². The lowest BCUT2D eigenvalue weighted by Gasteiger charge is -2.38. The number of hydrogen-bond donors (Lipinski definition) is 3. The number of nitrogens with zero attached hydrogens (tertiary/aromatic N) is 1. The summed E-state index contributed by atoms with van der Waals surface area (Å²) in [4.78, 5) is 28.2. The van der Waals surface area contributed by atoms with Gasteiger partial charge < -0.3 is 20.7 Å². The lowest BCUT2D eigenvalue weighted by molar-refractivity contribution is -0.138. The third-order valence-electron chi connectivity index (χ3n) is 7.52. The number of carbonyl (C=O) groups excluding carboxylic acids is 2. The second-order valence-corrected chi connectivity index (χ2v) is 12.3. The summed E-state index contributed by atoms with van der Waals surface area (Å²) in [6.45, 7) is 9.92. The van der Waals surface area contributed by atoms with Crippen LogP contribution in [-0.4, -0.2) is 62.5 Å². The first-order valence-corrected chi connectivity index (χ1v) is 15.8. The van der Waals surface area contributed by atoms with Crippen LogP contribution in [0.5, 0.6) is 0 Å². The molecular weight excluding hydrogens is 540 g/mol. The van der Waals surface area contributed by atoms with Gasteiger partial charge in [-0.05, 0) is 50.3 Å². The lowest BCUT2D eigenvalue weighted by Crippen LogP contribution is -2.55. The Morgan fingerprint density at radius 3 is 2.49 bits per heavy atom. The molecule has 1 heterocycles. The monoisotopic (exact) mass is 584 g/mol. The van der Waals surface area contributed by atoms with Gasteiger partial charge in [0.1, 0.15) is 6.04 Å². The van der Waals surface area contributed by atoms with Crippen molar-refractivity contribution in [2.24, 2.45) is 5.73 Å². The molecule has 2 amide bonds. The van der Waals surface area contributed by atoms with Crippen molar-refractivity contribution < 1.29 is 22.7 Å². The summed E-state index contributed by atoms with van der Waals surface area (Å²) in [5.74, 6) is -0.842. The number of sulfonamides is 1. The van der Waals surface area contributed by atoms with Crippen molar-refractivity contribution in [3.05, 3.63) is 82.8 Å². The average Bonchev–Trinajstić information content (AvgIpc) is 3.16. The molecule has 41 heavy (non-hydrogen) atoms. The maximum Gasteiger partial charge on any atom is 0.247 e. The average molecular weight is 585 g/mol. The first-order valence-electron chi connectivity index (χ1n) is 14.3. The quantitative estimate of drug-likeness (QED) is 0.305. The highest BCUT2D eigenvalue weighted by atomic mass is 32.2. The van der Waals surface area contributed by atoms with Gasteiger partial charge in [0.05, 0.1) is 29.7 Å². The van der Waals surface area contributed by atoms with E-state index in [1.54, 1.807) is 30.1 Å². The van der Waals surface area contributed by atoms with Gasteiger partial charge in [-0.1, -0.05) is 80.5 Å². The zero-order valence-electron chi connectivity index (χ0n) is 24.4. The fraction of sp³-hybridized carbons (Fsp3) is 0.484. The minimum atomic E-state index is -3.85. The highest BCUT2D eigenvalue weighted by Gasteiger charge is 2.49. The minimum Gasteiger partial charge on any atom is -0.374 e. The van der Waals surface area contributed by atoms with Gasteiger partial charge in [0.15, 0.2) is 0 Å². The molecule has 1 spiro atoms. The SMILES string of the molecule is C=C(/C=C\C=C/C)C1=C(CN(CC)C(=O)[C@@H](COCc2ccccc2)NC(=O)C(C)N)C2(CCCCC2)NS1(=O)=O. The van der Waals surface area contributed by atoms with E-state index in [2.05, 4.69) is 16.6 Å². The zero-order chi connectivity index (χ0) is 30.0. The second-order valence-electron chi connectivity index (χ2n) is 10.7. The van der Waals surface area contributed by atoms with Crippen LogP contribution in [0.1, 0.15) is 58.4 Å². The molecule has 1 aromatic rings. The summed E-state index contributed by atoms with van der Waals surface area (Å²) < 4.78 is 35.8. The topological polar surface area (TPSA) is 131 Å². The number of benzene rings is 1. The number of nitrogens with two attached hydrogens (primary N) is 1. The lowest BCUT2D eigenvalue weighted by atomic mass is 9.76. The summed E-state index contributed by atoms with van der Waals surface area (Å²) in [7, 11) is -3.85. The van der Waals surface area contributed by atoms with Crippen LogP contribution in [0.2, 0.25) is 0 Å². The molecule has 4 N–H and O–H groups in total. The van der Waals surface area contributed by atoms with Crippen LogP contribution in [0.3, 0.4) is 0 Å². The fourth-order valence-corrected chi connectivity index (χ4v) is 7.30. The molecule has 1 aromatic carbocycles. The van der Waals surface area contributed by atoms with E-state index in [-0.39, 0.29) is 30.6 Å². The first-order chi connectivity index (χ1) is 19.5. The Kier molecular flexibility index (Phi) is 11.7. The van der Waals surface area contributed by atoms with Gasteiger partial charge in [0.2, 0.25) is 21.8 Å². The number of allylic oxidation sites excluding steroid dienone is 5. The Labute approximate surface area is 244 Å². The first kappa shape index (κ1) is 32.5. The van der Waals surface area contributed by atoms with Crippen LogP contribution in [0.4, 0.5) is 0 Å². The van der Waals surface area contributed by atoms with Crippen LogP contribution in [-0.2, 0) is 31.0 Å². The molecule has 1 aliphatic heterocycles. The molecule has 2 aliphatic rings. The standard InChI is InChI=1S/C31H44N4O5S/c1-5-7-10-15-23(3)28-26(31(34-41(28,38)39)18-13-9-14-19-31)20-35(6-2)30(37)27(33-29(36)24(4)32)22-40-21-25-16-11-8-12-17-25/h5,7-8,10-12,15-17,24,27,34H,3,6,9,13-14,18-22,32H2,1-2,4H3,(H,33,36)/b7-5-,15-10-/t24?,27-/m1/s1. The van der Waals surface area contributed by atoms with Crippen LogP contribution >= 0.6 is 0 Å². The Morgan fingerprint density at radius 2 is 1.88 bits per heavy atom. The van der Waals surface area contributed by atoms with E-state index in [0.29, 0.717) is 30.5 Å². The fourth-order valence-electron chi connectivity index (χ4n) is 5.36. The number of nitrogens with one attached hydrogen (secondary N) is 2. The van der Waals surface area contributed by atoms with E-state index < -0.39 is 33.6 Å². The van der Waals surface area contributed by atoms with Crippen molar-refractivity contribution in [3.8, 4) is 0 Å². The number of carbonyl (C=O) groups is 2. The molecule has 1 unspecified atom stereocenters. The largest absolute Gasteiger partial charge is 0.374 e. The molecule has 9 nitrogen and oxygen atoms in total. The van der Waals surface area contributed by atoms with Gasteiger partial charge >= 0.3 is 0 Å². The van der Waals surface area contributed by atoms with Gasteiger partial charge in [-0.3, -0.25) is 9.59 Å². The molecule has 0 saturated heterocycles. The predicted octanol–water partition coefficient (Wildman–Crippen LogP) is 3.46. The van der Waals surface area contributed by atoms with E-state index in [0.717, 1.165) is 24.8 Å². The van der Waals surface area contributed by atoms with Crippen molar-refractivity contribution >= 4 is 21.8 Å². The second kappa shape index (κ2) is 14.7. The Balaban J connectivity index is 1.94. The number of ether oxygens (including phenoxy) is 1. The Hall–Kier alpha value is -3.05. The molecule has 3 rings (SSSR count). The van der Waals surface area contributed by atoms with Crippen LogP contribution in [0.15, 0.2) is 77.3 Å². The van der Waals surface area contributed by atoms with Crippen LogP contribution in [0.25, 0.3) is 0 Å². The van der Waals surface area contributed by atoms with E-state index >= 15 is 0 Å². The van der Waals surface area contributed by atoms with E-state index in [9.17, 15) is 18.0 Å². The van der Waals surface area contributed by atoms with E-state index in [1.165, 1.54) is 0 Å². The minimum absolute atomic E-state index is 0.0604. The van der Waals surface area contributed by atoms with E-state index in [1.807, 2.05) is 50.3 Å². The summed E-state index contributed by atoms with van der Waals surface area (Å²) in [5, 5.41) is 2.73. The Morgan fingerprint density at radius 1 is 1.20 bits per heavy atom. The van der Waals surface area contributed by atoms with Crippen molar-refractivity contribution in [2.45, 2.75) is 77.1 Å². The van der Waals surface area contributed by atoms with E-state index in [4.69, 9.17) is 10.5 Å². The molecule has 0 bridgehead atoms. The third kappa shape index (κ3) is 8.25. The van der Waals surface area contributed by atoms with Crippen LogP contribution in [0, 0.1) is 0 Å². The summed E-state index contributed by atoms with van der Waals surface area (Å²) in [6, 6.07) is 7.73. The normalized spacial score (nSPS) is 19.5. The molecular formula is C31H44N4O5S. The van der Waals surface area contributed by atoms with Crippen LogP contribution < -0.4 is 15.8 Å². The molecule has 0 aromatic heterocycles. The zero-order valence-corrected chi connectivity index (χ0v) is 25.2. The maximum absolute atomic E-state index is 13.9. The molecule has 10 heteroatoms. The molecule has 1 aliphatic carbocycles. The highest BCUT2D eigenvalue weighted by Crippen LogP contribution is 2.44. The molecule has 2 atom stereocenters. The van der Waals surface area contributed by atoms with Gasteiger partial charge in [-0.25, -0.2) is 13.1 Å². The molecule has 1 fully saturated rings. The van der Waals surface area contributed by atoms with Gasteiger partial charge in [0.25, 0.3) is 0 Å². The Bertz CT molecular complexity index is 1280. The van der Waals surface area contributed by atoms with Crippen molar-refractivity contribution in [1.82, 2.24) is 14.9 Å². The highest BCUT2D eigenvalue weighted by molar-refractivity contribution is 7.94.